The predicted octanol–water partition coefficient (Wildman–Crippen LogP) is 1.13. The molecule has 4 amide bonds. The summed E-state index contributed by atoms with van der Waals surface area (Å²) >= 11 is 0. The Hall–Kier alpha value is -3.52. The third-order valence-corrected chi connectivity index (χ3v) is 6.17. The van der Waals surface area contributed by atoms with Gasteiger partial charge in [-0.3, -0.25) is 29.4 Å². The van der Waals surface area contributed by atoms with Crippen LogP contribution < -0.4 is 16.4 Å². The highest BCUT2D eigenvalue weighted by molar-refractivity contribution is 6.23. The van der Waals surface area contributed by atoms with Crippen LogP contribution in [0.5, 0.6) is 0 Å². The molecular weight excluding hydrogens is 396 g/mol. The number of benzene rings is 2. The van der Waals surface area contributed by atoms with Crippen molar-refractivity contribution < 1.29 is 19.2 Å². The minimum atomic E-state index is -0.954. The number of imide groups is 2. The van der Waals surface area contributed by atoms with Crippen molar-refractivity contribution in [1.29, 1.82) is 0 Å². The molecule has 1 fully saturated rings. The smallest absolute Gasteiger partial charge is 0.262 e. The second-order valence-electron chi connectivity index (χ2n) is 8.33. The van der Waals surface area contributed by atoms with E-state index in [1.165, 1.54) is 11.1 Å². The number of piperidine rings is 1. The molecule has 2 unspecified atom stereocenters. The van der Waals surface area contributed by atoms with E-state index >= 15 is 0 Å². The van der Waals surface area contributed by atoms with Crippen LogP contribution in [0, 0.1) is 0 Å². The van der Waals surface area contributed by atoms with Gasteiger partial charge in [0.2, 0.25) is 11.8 Å². The van der Waals surface area contributed by atoms with Crippen molar-refractivity contribution in [3.8, 4) is 0 Å². The number of anilines is 1. The number of carbonyl (C=O) groups excluding carboxylic acids is 4. The van der Waals surface area contributed by atoms with Crippen molar-refractivity contribution in [2.45, 2.75) is 44.3 Å². The Labute approximate surface area is 178 Å². The van der Waals surface area contributed by atoms with Crippen molar-refractivity contribution in [2.75, 3.05) is 5.32 Å². The Morgan fingerprint density at radius 1 is 0.968 bits per heavy atom. The molecule has 1 saturated heterocycles. The molecule has 4 N–H and O–H groups in total. The zero-order valence-electron chi connectivity index (χ0n) is 16.8. The molecule has 1 aliphatic carbocycles. The maximum Gasteiger partial charge on any atom is 0.262 e. The number of nitrogens with two attached hydrogens (primary N) is 1. The minimum Gasteiger partial charge on any atom is -0.381 e. The molecule has 0 spiro atoms. The number of fused-ring (bicyclic) bond motifs is 2. The van der Waals surface area contributed by atoms with E-state index in [9.17, 15) is 19.2 Å². The summed E-state index contributed by atoms with van der Waals surface area (Å²) in [5, 5.41) is 5.56. The van der Waals surface area contributed by atoms with E-state index < -0.39 is 23.8 Å². The van der Waals surface area contributed by atoms with Gasteiger partial charge in [0.1, 0.15) is 6.04 Å². The normalized spacial score (nSPS) is 22.4. The molecule has 2 heterocycles. The fourth-order valence-electron chi connectivity index (χ4n) is 4.59. The molecule has 0 radical (unpaired) electrons. The number of hydrogen-bond acceptors (Lipinski definition) is 6. The average Bonchev–Trinajstić information content (AvgIpc) is 3.23. The monoisotopic (exact) mass is 418 g/mol. The van der Waals surface area contributed by atoms with Gasteiger partial charge in [0.15, 0.2) is 0 Å². The summed E-state index contributed by atoms with van der Waals surface area (Å²) < 4.78 is 0. The van der Waals surface area contributed by atoms with E-state index in [2.05, 4.69) is 22.8 Å². The fraction of sp³-hybridized carbons (Fsp3) is 0.304. The van der Waals surface area contributed by atoms with Gasteiger partial charge in [-0.2, -0.15) is 0 Å². The average molecular weight is 418 g/mol. The predicted molar refractivity (Wildman–Crippen MR) is 112 cm³/mol. The summed E-state index contributed by atoms with van der Waals surface area (Å²) in [5.41, 5.74) is 11.0. The zero-order valence-corrected chi connectivity index (χ0v) is 16.8. The summed E-state index contributed by atoms with van der Waals surface area (Å²) in [6.07, 6.45) is 2.02. The van der Waals surface area contributed by atoms with Crippen LogP contribution in [0.3, 0.4) is 0 Å². The van der Waals surface area contributed by atoms with E-state index in [1.807, 2.05) is 6.07 Å². The van der Waals surface area contributed by atoms with E-state index in [0.29, 0.717) is 6.54 Å². The first-order chi connectivity index (χ1) is 14.9. The van der Waals surface area contributed by atoms with Gasteiger partial charge < -0.3 is 11.1 Å². The van der Waals surface area contributed by atoms with Crippen LogP contribution in [0.25, 0.3) is 0 Å². The highest BCUT2D eigenvalue weighted by atomic mass is 16.2. The summed E-state index contributed by atoms with van der Waals surface area (Å²) in [7, 11) is 0. The third-order valence-electron chi connectivity index (χ3n) is 6.17. The number of nitrogens with zero attached hydrogens (tertiary/aromatic N) is 1. The van der Waals surface area contributed by atoms with Crippen LogP contribution in [0.15, 0.2) is 36.4 Å². The van der Waals surface area contributed by atoms with Gasteiger partial charge in [0.05, 0.1) is 11.1 Å². The van der Waals surface area contributed by atoms with Crippen LogP contribution in [0.2, 0.25) is 0 Å². The Morgan fingerprint density at radius 2 is 1.74 bits per heavy atom. The summed E-state index contributed by atoms with van der Waals surface area (Å²) in [4.78, 5) is 50.2. The molecule has 2 aliphatic heterocycles. The second-order valence-corrected chi connectivity index (χ2v) is 8.33. The van der Waals surface area contributed by atoms with Gasteiger partial charge in [0.25, 0.3) is 11.8 Å². The molecule has 2 aromatic carbocycles. The van der Waals surface area contributed by atoms with Crippen molar-refractivity contribution in [1.82, 2.24) is 10.2 Å². The lowest BCUT2D eigenvalue weighted by molar-refractivity contribution is -0.136. The highest BCUT2D eigenvalue weighted by Gasteiger charge is 2.44. The summed E-state index contributed by atoms with van der Waals surface area (Å²) in [6.45, 7) is 0.484. The van der Waals surface area contributed by atoms with E-state index in [4.69, 9.17) is 5.73 Å². The molecular formula is C23H22N4O4. The van der Waals surface area contributed by atoms with Crippen molar-refractivity contribution in [3.05, 3.63) is 64.2 Å². The Kier molecular flexibility index (Phi) is 4.59. The van der Waals surface area contributed by atoms with Crippen LogP contribution >= 0.6 is 0 Å². The third kappa shape index (κ3) is 3.38. The largest absolute Gasteiger partial charge is 0.381 e. The molecule has 0 aromatic heterocycles. The topological polar surface area (TPSA) is 122 Å². The molecule has 5 rings (SSSR count). The van der Waals surface area contributed by atoms with Gasteiger partial charge >= 0.3 is 0 Å². The van der Waals surface area contributed by atoms with E-state index in [1.54, 1.807) is 18.2 Å². The first-order valence-electron chi connectivity index (χ1n) is 10.4. The lowest BCUT2D eigenvalue weighted by Crippen LogP contribution is -2.54. The van der Waals surface area contributed by atoms with Crippen molar-refractivity contribution >= 4 is 29.3 Å². The van der Waals surface area contributed by atoms with Crippen LogP contribution in [-0.4, -0.2) is 40.6 Å². The fourth-order valence-corrected chi connectivity index (χ4v) is 4.59. The number of amides is 4. The molecule has 0 saturated carbocycles. The molecule has 158 valence electrons. The van der Waals surface area contributed by atoms with Gasteiger partial charge in [-0.05, 0) is 60.2 Å². The quantitative estimate of drug-likeness (QED) is 0.640. The maximum atomic E-state index is 12.9. The number of hydrogen-bond donors (Lipinski definition) is 3. The number of nitrogens with one attached hydrogen (secondary N) is 2. The minimum absolute atomic E-state index is 0.102. The highest BCUT2D eigenvalue weighted by Crippen LogP contribution is 2.29. The molecule has 0 bridgehead atoms. The Morgan fingerprint density at radius 3 is 2.55 bits per heavy atom. The first kappa shape index (κ1) is 19.4. The van der Waals surface area contributed by atoms with Gasteiger partial charge in [-0.1, -0.05) is 12.1 Å². The first-order valence-corrected chi connectivity index (χ1v) is 10.4. The Balaban J connectivity index is 1.32. The number of rotatable bonds is 4. The van der Waals surface area contributed by atoms with Gasteiger partial charge in [-0.15, -0.1) is 0 Å². The Bertz CT molecular complexity index is 1140. The lowest BCUT2D eigenvalue weighted by Gasteiger charge is -2.27. The van der Waals surface area contributed by atoms with Crippen molar-refractivity contribution in [2.24, 2.45) is 5.73 Å². The summed E-state index contributed by atoms with van der Waals surface area (Å²) in [6, 6.07) is 10.6. The zero-order chi connectivity index (χ0) is 21.7. The molecule has 8 heteroatoms. The number of carbonyl (C=O) groups is 4. The van der Waals surface area contributed by atoms with E-state index in [-0.39, 0.29) is 35.9 Å². The van der Waals surface area contributed by atoms with Gasteiger partial charge in [-0.25, -0.2) is 0 Å². The van der Waals surface area contributed by atoms with Crippen LogP contribution in [-0.2, 0) is 29.0 Å². The molecule has 31 heavy (non-hydrogen) atoms. The van der Waals surface area contributed by atoms with Gasteiger partial charge in [0, 0.05) is 24.7 Å². The molecule has 2 atom stereocenters. The van der Waals surface area contributed by atoms with Crippen LogP contribution in [0.4, 0.5) is 5.69 Å². The lowest BCUT2D eigenvalue weighted by atomic mass is 10.0. The van der Waals surface area contributed by atoms with Crippen molar-refractivity contribution in [3.63, 3.8) is 0 Å². The second kappa shape index (κ2) is 7.31. The molecule has 2 aromatic rings. The van der Waals surface area contributed by atoms with E-state index in [0.717, 1.165) is 29.0 Å². The molecule has 8 nitrogen and oxygen atoms in total. The standard InChI is InChI=1S/C23H22N4O4/c24-15-8-13-2-3-16(10-14(13)9-15)25-11-12-1-4-17-18(7-12)23(31)27(22(17)30)19-5-6-20(28)26-21(19)29/h1-4,7,10,15,19,25H,5-6,8-9,11,24H2,(H,26,28,29). The van der Waals surface area contributed by atoms with Crippen LogP contribution in [0.1, 0.15) is 50.2 Å². The maximum absolute atomic E-state index is 12.9. The SMILES string of the molecule is NC1Cc2ccc(NCc3ccc4c(c3)C(=O)N(C3CCC(=O)NC3=O)C4=O)cc2C1. The summed E-state index contributed by atoms with van der Waals surface area (Å²) in [5.74, 6) is -1.99. The molecule has 3 aliphatic rings.